The maximum Gasteiger partial charge on any atom is 0.233 e. The van der Waals surface area contributed by atoms with E-state index in [1.54, 1.807) is 0 Å². The molecule has 1 heterocycles. The van der Waals surface area contributed by atoms with Crippen molar-refractivity contribution in [2.24, 2.45) is 5.92 Å². The number of hydrogen-bond donors (Lipinski definition) is 0. The van der Waals surface area contributed by atoms with Gasteiger partial charge in [0.1, 0.15) is 11.8 Å². The molecule has 1 fully saturated rings. The second-order valence-electron chi connectivity index (χ2n) is 5.70. The maximum absolute atomic E-state index is 5.74. The molecule has 0 amide bonds. The molecule has 20 heavy (non-hydrogen) atoms. The summed E-state index contributed by atoms with van der Waals surface area (Å²) in [5.41, 5.74) is 0.681. The molecule has 0 radical (unpaired) electrons. The van der Waals surface area contributed by atoms with Gasteiger partial charge in [-0.25, -0.2) is 0 Å². The van der Waals surface area contributed by atoms with Gasteiger partial charge in [-0.15, -0.1) is 10.2 Å². The Morgan fingerprint density at radius 1 is 1.10 bits per heavy atom. The Bertz CT molecular complexity index is 479. The summed E-state index contributed by atoms with van der Waals surface area (Å²) in [5.74, 6) is 6.94. The first-order valence-corrected chi connectivity index (χ1v) is 7.20. The predicted molar refractivity (Wildman–Crippen MR) is 77.4 cm³/mol. The first kappa shape index (κ1) is 14.8. The summed E-state index contributed by atoms with van der Waals surface area (Å²) < 4.78 is 11.4. The Morgan fingerprint density at radius 3 is 2.40 bits per heavy atom. The van der Waals surface area contributed by atoms with Gasteiger partial charge in [0, 0.05) is 24.8 Å². The van der Waals surface area contributed by atoms with Gasteiger partial charge in [0.05, 0.1) is 12.2 Å². The molecule has 0 saturated heterocycles. The third-order valence-corrected chi connectivity index (χ3v) is 2.93. The van der Waals surface area contributed by atoms with Crippen molar-refractivity contribution >= 4 is 0 Å². The summed E-state index contributed by atoms with van der Waals surface area (Å²) in [7, 11) is 0. The number of aromatic nitrogens is 2. The number of nitrogens with zero attached hydrogens (tertiary/aromatic N) is 2. The van der Waals surface area contributed by atoms with E-state index in [9.17, 15) is 0 Å². The molecule has 2 rings (SSSR count). The van der Waals surface area contributed by atoms with Crippen LogP contribution in [0.1, 0.15) is 46.2 Å². The molecule has 4 heteroatoms. The Balaban J connectivity index is 1.80. The van der Waals surface area contributed by atoms with Gasteiger partial charge < -0.3 is 9.47 Å². The lowest BCUT2D eigenvalue weighted by Gasteiger charge is -2.35. The predicted octanol–water partition coefficient (Wildman–Crippen LogP) is 2.82. The zero-order chi connectivity index (χ0) is 14.5. The lowest BCUT2D eigenvalue weighted by molar-refractivity contribution is -0.0861. The van der Waals surface area contributed by atoms with Crippen LogP contribution in [-0.4, -0.2) is 28.5 Å². The maximum atomic E-state index is 5.74. The van der Waals surface area contributed by atoms with Crippen LogP contribution in [0.15, 0.2) is 12.1 Å². The molecule has 1 aliphatic carbocycles. The monoisotopic (exact) mass is 274 g/mol. The van der Waals surface area contributed by atoms with Crippen LogP contribution in [0.4, 0.5) is 0 Å². The van der Waals surface area contributed by atoms with Crippen molar-refractivity contribution in [3.8, 4) is 17.7 Å². The van der Waals surface area contributed by atoms with Crippen molar-refractivity contribution < 1.29 is 9.47 Å². The minimum atomic E-state index is 0.195. The van der Waals surface area contributed by atoms with Crippen molar-refractivity contribution in [1.29, 1.82) is 0 Å². The molecular weight excluding hydrogens is 252 g/mol. The fourth-order valence-corrected chi connectivity index (χ4v) is 1.95. The van der Waals surface area contributed by atoms with E-state index in [1.165, 1.54) is 0 Å². The van der Waals surface area contributed by atoms with Gasteiger partial charge in [0.25, 0.3) is 0 Å². The average molecular weight is 274 g/mol. The third-order valence-electron chi connectivity index (χ3n) is 2.93. The van der Waals surface area contributed by atoms with Crippen molar-refractivity contribution in [3.63, 3.8) is 0 Å². The van der Waals surface area contributed by atoms with Crippen LogP contribution in [0.2, 0.25) is 0 Å². The molecule has 1 saturated carbocycles. The molecule has 0 atom stereocenters. The summed E-state index contributed by atoms with van der Waals surface area (Å²) in [6.07, 6.45) is 2.65. The summed E-state index contributed by atoms with van der Waals surface area (Å²) in [6.45, 7) is 8.20. The molecule has 1 aromatic rings. The average Bonchev–Trinajstić information content (AvgIpc) is 2.34. The summed E-state index contributed by atoms with van der Waals surface area (Å²) >= 11 is 0. The Morgan fingerprint density at radius 2 is 1.85 bits per heavy atom. The quantitative estimate of drug-likeness (QED) is 0.792. The highest BCUT2D eigenvalue weighted by atomic mass is 16.5. The largest absolute Gasteiger partial charge is 0.473 e. The fraction of sp³-hybridized carbons (Fsp3) is 0.625. The molecule has 1 aromatic heterocycles. The normalized spacial score (nSPS) is 21.3. The molecule has 0 N–H and O–H groups in total. The van der Waals surface area contributed by atoms with Gasteiger partial charge in [-0.1, -0.05) is 19.8 Å². The minimum Gasteiger partial charge on any atom is -0.473 e. The molecule has 0 aromatic carbocycles. The van der Waals surface area contributed by atoms with E-state index >= 15 is 0 Å². The molecular formula is C16H22N2O2. The molecule has 1 aliphatic rings. The van der Waals surface area contributed by atoms with Crippen LogP contribution in [0, 0.1) is 17.8 Å². The van der Waals surface area contributed by atoms with E-state index in [4.69, 9.17) is 9.47 Å². The lowest BCUT2D eigenvalue weighted by atomic mass is 9.92. The summed E-state index contributed by atoms with van der Waals surface area (Å²) in [6, 6.07) is 3.67. The Hall–Kier alpha value is -1.60. The van der Waals surface area contributed by atoms with Crippen molar-refractivity contribution in [2.45, 2.75) is 58.8 Å². The molecule has 4 nitrogen and oxygen atoms in total. The highest BCUT2D eigenvalue weighted by Crippen LogP contribution is 2.28. The highest BCUT2D eigenvalue weighted by molar-refractivity contribution is 5.28. The van der Waals surface area contributed by atoms with Crippen molar-refractivity contribution in [3.05, 3.63) is 17.8 Å². The Labute approximate surface area is 120 Å². The molecule has 0 aliphatic heterocycles. The van der Waals surface area contributed by atoms with Crippen LogP contribution in [0.3, 0.4) is 0 Å². The first-order valence-electron chi connectivity index (χ1n) is 7.20. The third kappa shape index (κ3) is 4.50. The van der Waals surface area contributed by atoms with Crippen molar-refractivity contribution in [2.75, 3.05) is 0 Å². The van der Waals surface area contributed by atoms with E-state index in [-0.39, 0.29) is 12.2 Å². The first-order chi connectivity index (χ1) is 9.52. The summed E-state index contributed by atoms with van der Waals surface area (Å²) in [4.78, 5) is 0. The summed E-state index contributed by atoms with van der Waals surface area (Å²) in [5, 5.41) is 8.10. The highest BCUT2D eigenvalue weighted by Gasteiger charge is 2.32. The van der Waals surface area contributed by atoms with E-state index < -0.39 is 0 Å². The molecule has 0 spiro atoms. The topological polar surface area (TPSA) is 44.2 Å². The van der Waals surface area contributed by atoms with Gasteiger partial charge in [-0.2, -0.15) is 0 Å². The van der Waals surface area contributed by atoms with Gasteiger partial charge in [-0.05, 0) is 25.8 Å². The van der Waals surface area contributed by atoms with E-state index in [0.29, 0.717) is 23.6 Å². The van der Waals surface area contributed by atoms with Gasteiger partial charge in [0.15, 0.2) is 0 Å². The second-order valence-corrected chi connectivity index (χ2v) is 5.70. The number of hydrogen-bond acceptors (Lipinski definition) is 4. The molecule has 0 bridgehead atoms. The van der Waals surface area contributed by atoms with Gasteiger partial charge >= 0.3 is 0 Å². The molecule has 108 valence electrons. The van der Waals surface area contributed by atoms with E-state index in [2.05, 4.69) is 35.9 Å². The van der Waals surface area contributed by atoms with Crippen LogP contribution in [-0.2, 0) is 4.74 Å². The zero-order valence-electron chi connectivity index (χ0n) is 12.6. The van der Waals surface area contributed by atoms with Gasteiger partial charge in [0.2, 0.25) is 5.88 Å². The van der Waals surface area contributed by atoms with Crippen molar-refractivity contribution in [1.82, 2.24) is 10.2 Å². The van der Waals surface area contributed by atoms with Gasteiger partial charge in [-0.3, -0.25) is 0 Å². The number of rotatable bonds is 4. The standard InChI is InChI=1S/C16H22N2O2/c1-11(2)5-6-13-7-8-16(18-17-13)20-15-9-14(10-15)19-12(3)4/h7-8,11-12,14-15H,9-10H2,1-4H3. The van der Waals surface area contributed by atoms with Crippen LogP contribution in [0.5, 0.6) is 5.88 Å². The SMILES string of the molecule is CC(C)C#Cc1ccc(OC2CC(OC(C)C)C2)nn1. The minimum absolute atomic E-state index is 0.195. The van der Waals surface area contributed by atoms with E-state index in [0.717, 1.165) is 12.8 Å². The van der Waals surface area contributed by atoms with E-state index in [1.807, 2.05) is 26.0 Å². The van der Waals surface area contributed by atoms with Crippen LogP contribution in [0.25, 0.3) is 0 Å². The lowest BCUT2D eigenvalue weighted by Crippen LogP contribution is -2.40. The number of ether oxygens (including phenoxy) is 2. The van der Waals surface area contributed by atoms with Crippen LogP contribution < -0.4 is 4.74 Å². The molecule has 0 unspecified atom stereocenters. The smallest absolute Gasteiger partial charge is 0.233 e. The fourth-order valence-electron chi connectivity index (χ4n) is 1.95. The van der Waals surface area contributed by atoms with Crippen LogP contribution >= 0.6 is 0 Å². The Kier molecular flexibility index (Phi) is 4.97. The zero-order valence-corrected chi connectivity index (χ0v) is 12.6. The second kappa shape index (κ2) is 6.71.